The molecule has 6 rings (SSSR count). The maximum Gasteiger partial charge on any atom is 1.10 e. The van der Waals surface area contributed by atoms with E-state index in [-0.39, 0.29) is 12.1 Å². The molecule has 0 amide bonds. The molecule has 0 radical (unpaired) electrons. The Bertz CT molecular complexity index is 1580. The summed E-state index contributed by atoms with van der Waals surface area (Å²) in [5, 5.41) is 1.01. The predicted octanol–water partition coefficient (Wildman–Crippen LogP) is 6.93. The van der Waals surface area contributed by atoms with Crippen LogP contribution in [0.3, 0.4) is 0 Å². The number of nitrogens with zero attached hydrogens (tertiary/aromatic N) is 2. The van der Waals surface area contributed by atoms with Crippen molar-refractivity contribution >= 4 is 31.8 Å². The van der Waals surface area contributed by atoms with Gasteiger partial charge >= 0.3 is 15.1 Å². The fourth-order valence-electron chi connectivity index (χ4n) is 4.66. The van der Waals surface area contributed by atoms with Crippen LogP contribution in [0, 0.1) is 6.92 Å². The largest absolute Gasteiger partial charge is 1.10 e. The van der Waals surface area contributed by atoms with Crippen LogP contribution in [0.2, 0.25) is 0 Å². The smallest absolute Gasteiger partial charge is 0.588 e. The summed E-state index contributed by atoms with van der Waals surface area (Å²) in [6, 6.07) is 28.2. The van der Waals surface area contributed by atoms with Gasteiger partial charge in [-0.2, -0.15) is 0 Å². The van der Waals surface area contributed by atoms with Gasteiger partial charge in [0.05, 0.1) is 11.9 Å². The van der Waals surface area contributed by atoms with Crippen LogP contribution in [0.1, 0.15) is 12.6 Å². The Morgan fingerprint density at radius 1 is 0.763 bits per heavy atom. The van der Waals surface area contributed by atoms with E-state index in [9.17, 15) is 0 Å². The van der Waals surface area contributed by atoms with Crippen LogP contribution < -0.4 is 7.58 Å². The van der Waals surface area contributed by atoms with Crippen LogP contribution in [0.5, 0.6) is 11.5 Å². The van der Waals surface area contributed by atoms with Crippen molar-refractivity contribution in [2.45, 2.75) is 26.0 Å². The summed E-state index contributed by atoms with van der Waals surface area (Å²) < 4.78 is 19.6. The Morgan fingerprint density at radius 3 is 2.42 bits per heavy atom. The Morgan fingerprint density at radius 2 is 1.58 bits per heavy atom. The first-order valence-corrected chi connectivity index (χ1v) is 14.2. The molecule has 0 spiro atoms. The minimum Gasteiger partial charge on any atom is -0.588 e. The number of pyridine rings is 1. The molecule has 1 aliphatic carbocycles. The van der Waals surface area contributed by atoms with Crippen molar-refractivity contribution in [1.29, 1.82) is 0 Å². The third kappa shape index (κ3) is 5.34. The third-order valence-corrected chi connectivity index (χ3v) is 8.06. The number of aryl methyl sites for hydroxylation is 1. The summed E-state index contributed by atoms with van der Waals surface area (Å²) in [5.74, 6) is 1.35. The summed E-state index contributed by atoms with van der Waals surface area (Å²) in [7, 11) is 0. The van der Waals surface area contributed by atoms with Crippen molar-refractivity contribution in [1.82, 2.24) is 4.98 Å². The topological polar surface area (TPSA) is 52.9 Å². The number of hydrogen-bond acceptors (Lipinski definition) is 5. The lowest BCUT2D eigenvalue weighted by atomic mass is 9.94. The maximum atomic E-state index is 6.61. The second kappa shape index (κ2) is 10.8. The Labute approximate surface area is 227 Å². The van der Waals surface area contributed by atoms with Gasteiger partial charge < -0.3 is 11.4 Å². The molecule has 0 saturated heterocycles. The number of benzene rings is 3. The number of para-hydroxylation sites is 1. The average molecular weight is 515 g/mol. The molecule has 0 N–H and O–H groups in total. The van der Waals surface area contributed by atoms with Crippen LogP contribution >= 0.6 is 0 Å². The van der Waals surface area contributed by atoms with Crippen molar-refractivity contribution < 1.29 is 11.4 Å². The first-order valence-electron chi connectivity index (χ1n) is 12.7. The van der Waals surface area contributed by atoms with Crippen molar-refractivity contribution in [2.24, 2.45) is 4.99 Å². The lowest BCUT2D eigenvalue weighted by molar-refractivity contribution is 0.149. The van der Waals surface area contributed by atoms with E-state index < -0.39 is 15.1 Å². The van der Waals surface area contributed by atoms with Gasteiger partial charge in [-0.1, -0.05) is 85.0 Å². The zero-order chi connectivity index (χ0) is 25.9. The minimum absolute atomic E-state index is 0.124. The molecule has 1 aliphatic heterocycles. The molecule has 0 fully saturated rings. The number of aromatic nitrogens is 1. The monoisotopic (exact) mass is 514 g/mol. The Hall–Kier alpha value is -3.95. The van der Waals surface area contributed by atoms with Crippen LogP contribution in [0.15, 0.2) is 126 Å². The maximum absolute atomic E-state index is 6.61. The molecule has 2 unspecified atom stereocenters. The second-order valence-electron chi connectivity index (χ2n) is 9.40. The molecule has 0 saturated carbocycles. The summed E-state index contributed by atoms with van der Waals surface area (Å²) >= 11 is -2.77. The van der Waals surface area contributed by atoms with Gasteiger partial charge in [-0.3, -0.25) is 4.99 Å². The molecular weight excluding hydrogens is 487 g/mol. The molecule has 1 aromatic heterocycles. The summed E-state index contributed by atoms with van der Waals surface area (Å²) in [5.41, 5.74) is 6.09. The van der Waals surface area contributed by atoms with Gasteiger partial charge in [0.1, 0.15) is 17.3 Å². The summed E-state index contributed by atoms with van der Waals surface area (Å²) in [6.45, 7) is 3.98. The van der Waals surface area contributed by atoms with E-state index in [0.717, 1.165) is 39.0 Å². The van der Waals surface area contributed by atoms with Gasteiger partial charge in [-0.05, 0) is 60.9 Å². The van der Waals surface area contributed by atoms with E-state index in [0.29, 0.717) is 11.5 Å². The predicted molar refractivity (Wildman–Crippen MR) is 154 cm³/mol. The molecule has 6 heteroatoms. The summed E-state index contributed by atoms with van der Waals surface area (Å²) in [6.07, 6.45) is 9.96. The quantitative estimate of drug-likeness (QED) is 0.251. The second-order valence-corrected chi connectivity index (χ2v) is 10.7. The van der Waals surface area contributed by atoms with Crippen LogP contribution in [0.4, 0.5) is 0 Å². The van der Waals surface area contributed by atoms with Crippen LogP contribution in [-0.4, -0.2) is 38.0 Å². The molecule has 2 heterocycles. The zero-order valence-electron chi connectivity index (χ0n) is 21.3. The first-order chi connectivity index (χ1) is 18.6. The molecule has 2 aliphatic rings. The molecule has 0 bridgehead atoms. The van der Waals surface area contributed by atoms with Gasteiger partial charge in [0.2, 0.25) is 0 Å². The highest BCUT2D eigenvalue weighted by atomic mass is 27.3. The van der Waals surface area contributed by atoms with Crippen LogP contribution in [-0.2, 0) is 3.79 Å². The molecule has 186 valence electrons. The van der Waals surface area contributed by atoms with Gasteiger partial charge in [0, 0.05) is 16.8 Å². The minimum atomic E-state index is -2.77. The molecule has 5 nitrogen and oxygen atoms in total. The van der Waals surface area contributed by atoms with Gasteiger partial charge in [0.25, 0.3) is 0 Å². The fraction of sp³-hybridized carbons (Fsp3) is 0.125. The number of allylic oxidation sites excluding steroid dienone is 3. The highest BCUT2D eigenvalue weighted by molar-refractivity contribution is 6.39. The summed E-state index contributed by atoms with van der Waals surface area (Å²) in [4.78, 5) is 9.58. The lowest BCUT2D eigenvalue weighted by Gasteiger charge is -2.29. The van der Waals surface area contributed by atoms with E-state index in [1.54, 1.807) is 0 Å². The van der Waals surface area contributed by atoms with Crippen molar-refractivity contribution in [3.05, 3.63) is 127 Å². The van der Waals surface area contributed by atoms with Crippen molar-refractivity contribution in [2.75, 3.05) is 0 Å². The van der Waals surface area contributed by atoms with Gasteiger partial charge in [-0.25, -0.2) is 4.98 Å². The highest BCUT2D eigenvalue weighted by Gasteiger charge is 2.45. The highest BCUT2D eigenvalue weighted by Crippen LogP contribution is 2.29. The number of dihydropyridines is 1. The molecule has 38 heavy (non-hydrogen) atoms. The van der Waals surface area contributed by atoms with Crippen molar-refractivity contribution in [3.8, 4) is 22.6 Å². The Balaban J connectivity index is 1.30. The number of fused-ring (bicyclic) bond motifs is 2. The molecule has 4 aromatic rings. The van der Waals surface area contributed by atoms with Gasteiger partial charge in [0.15, 0.2) is 0 Å². The van der Waals surface area contributed by atoms with Gasteiger partial charge in [-0.15, -0.1) is 0 Å². The molecular formula is C32H27AlN2O3. The Kier molecular flexibility index (Phi) is 6.94. The number of aliphatic imine (C=N–C) groups is 1. The van der Waals surface area contributed by atoms with E-state index in [1.807, 2.05) is 86.7 Å². The third-order valence-electron chi connectivity index (χ3n) is 6.61. The van der Waals surface area contributed by atoms with E-state index in [1.165, 1.54) is 0 Å². The van der Waals surface area contributed by atoms with Crippen LogP contribution in [0.25, 0.3) is 22.0 Å². The zero-order valence-corrected chi connectivity index (χ0v) is 22.5. The normalized spacial score (nSPS) is 17.9. The van der Waals surface area contributed by atoms with Crippen molar-refractivity contribution in [3.63, 3.8) is 0 Å². The van der Waals surface area contributed by atoms with E-state index >= 15 is 0 Å². The number of hydrogen-bond donors (Lipinski definition) is 0. The lowest BCUT2D eigenvalue weighted by Crippen LogP contribution is -2.42. The first kappa shape index (κ1) is 24.4. The van der Waals surface area contributed by atoms with E-state index in [2.05, 4.69) is 42.5 Å². The molecule has 3 aromatic carbocycles. The van der Waals surface area contributed by atoms with E-state index in [4.69, 9.17) is 21.3 Å². The number of rotatable bonds is 7. The molecule has 2 atom stereocenters. The standard InChI is InChI=1S/C12H10O.C10H10NO.C10H9NO.Al/c13-12-8-6-11(7-9-12)10-4-2-1-3-5-10;2*1-7-5-6-8-3-2-4-9(12)10(8)11-7;/h1-9,13H;2-6,9-10H,1H3;2-6,12H,1H3;/q;-1;;+3/p-2. The SMILES string of the molecule is CC1=NC2C(=CC=CC2[O][Al]([O]c2ccc(-c3ccccc3)cc2)[O]c2cccc3ccc(C)nc23)C=C1. The average Bonchev–Trinajstić information content (AvgIpc) is 2.94. The fourth-order valence-corrected chi connectivity index (χ4v) is 6.09.